The Morgan fingerprint density at radius 1 is 0.957 bits per heavy atom. The smallest absolute Gasteiger partial charge is 0.297 e. The molecule has 0 spiro atoms. The van der Waals surface area contributed by atoms with E-state index in [0.29, 0.717) is 0 Å². The lowest BCUT2D eigenvalue weighted by molar-refractivity contribution is 0.577. The van der Waals surface area contributed by atoms with Crippen molar-refractivity contribution in [1.82, 2.24) is 0 Å². The van der Waals surface area contributed by atoms with Gasteiger partial charge in [-0.25, -0.2) is 0 Å². The SMILES string of the molecule is CCCCCCCCCC[C](=C[Si](C)(C)c1ccccc1)[Mg][Br]. The molecule has 1 aromatic carbocycles. The van der Waals surface area contributed by atoms with Crippen LogP contribution in [0.15, 0.2) is 39.7 Å². The molecule has 0 saturated heterocycles. The highest BCUT2D eigenvalue weighted by atomic mass is 79.9. The van der Waals surface area contributed by atoms with Crippen molar-refractivity contribution in [3.63, 3.8) is 0 Å². The first-order valence-electron chi connectivity index (χ1n) is 9.42. The molecule has 0 aliphatic carbocycles. The Kier molecular flexibility index (Phi) is 11.9. The fraction of sp³-hybridized carbons (Fsp3) is 0.600. The van der Waals surface area contributed by atoms with Crippen LogP contribution in [0.4, 0.5) is 0 Å². The van der Waals surface area contributed by atoms with E-state index in [-0.39, 0.29) is 18.2 Å². The largest absolute Gasteiger partial charge is 0.501 e. The maximum Gasteiger partial charge on any atom is 0.501 e. The van der Waals surface area contributed by atoms with Crippen LogP contribution in [0.25, 0.3) is 0 Å². The maximum absolute atomic E-state index is 3.85. The van der Waals surface area contributed by atoms with Crippen molar-refractivity contribution < 1.29 is 0 Å². The van der Waals surface area contributed by atoms with Crippen molar-refractivity contribution in [2.75, 3.05) is 0 Å². The molecule has 0 aliphatic heterocycles. The molecule has 0 saturated carbocycles. The van der Waals surface area contributed by atoms with Crippen LogP contribution in [0.2, 0.25) is 13.1 Å². The Labute approximate surface area is 161 Å². The van der Waals surface area contributed by atoms with E-state index in [1.54, 1.807) is 8.89 Å². The van der Waals surface area contributed by atoms with Crippen molar-refractivity contribution in [1.29, 1.82) is 0 Å². The van der Waals surface area contributed by atoms with Gasteiger partial charge < -0.3 is 0 Å². The number of hydrogen-bond donors (Lipinski definition) is 0. The lowest BCUT2D eigenvalue weighted by Crippen LogP contribution is -2.40. The molecule has 0 radical (unpaired) electrons. The molecule has 0 unspecified atom stereocenters. The maximum atomic E-state index is 3.85. The number of hydrogen-bond acceptors (Lipinski definition) is 0. The third-order valence-corrected chi connectivity index (χ3v) is 11.0. The molecular formula is C20H33BrMgSi. The fourth-order valence-electron chi connectivity index (χ4n) is 3.12. The predicted octanol–water partition coefficient (Wildman–Crippen LogP) is 6.57. The van der Waals surface area contributed by atoms with Crippen LogP contribution in [0.1, 0.15) is 64.7 Å². The molecule has 126 valence electrons. The summed E-state index contributed by atoms with van der Waals surface area (Å²) in [7, 11) is -1.41. The molecule has 1 aromatic rings. The van der Waals surface area contributed by atoms with Crippen LogP contribution in [0.5, 0.6) is 0 Å². The lowest BCUT2D eigenvalue weighted by Gasteiger charge is -2.21. The number of halogens is 1. The molecular weight excluding hydrogens is 373 g/mol. The zero-order valence-electron chi connectivity index (χ0n) is 15.4. The number of rotatable bonds is 12. The van der Waals surface area contributed by atoms with Crippen molar-refractivity contribution in [2.45, 2.75) is 77.8 Å². The van der Waals surface area contributed by atoms with Gasteiger partial charge in [0.1, 0.15) is 8.07 Å². The molecule has 23 heavy (non-hydrogen) atoms. The van der Waals surface area contributed by atoms with Crippen LogP contribution in [-0.4, -0.2) is 26.3 Å². The molecule has 0 heterocycles. The summed E-state index contributed by atoms with van der Waals surface area (Å²) >= 11 is 3.65. The molecule has 0 nitrogen and oxygen atoms in total. The van der Waals surface area contributed by atoms with Crippen molar-refractivity contribution in [3.8, 4) is 0 Å². The van der Waals surface area contributed by atoms with Gasteiger partial charge >= 0.3 is 18.2 Å². The number of unbranched alkanes of at least 4 members (excludes halogenated alkanes) is 7. The predicted molar refractivity (Wildman–Crippen MR) is 114 cm³/mol. The van der Waals surface area contributed by atoms with E-state index < -0.39 is 8.07 Å². The molecule has 3 heteroatoms. The van der Waals surface area contributed by atoms with E-state index in [0.717, 1.165) is 0 Å². The van der Waals surface area contributed by atoms with Crippen molar-refractivity contribution >= 4 is 44.3 Å². The average Bonchev–Trinajstić information content (AvgIpc) is 2.57. The van der Waals surface area contributed by atoms with Gasteiger partial charge in [-0.3, -0.25) is 12.9 Å². The molecule has 1 rings (SSSR count). The minimum Gasteiger partial charge on any atom is -0.297 e. The minimum atomic E-state index is -1.41. The van der Waals surface area contributed by atoms with Crippen molar-refractivity contribution in [2.24, 2.45) is 0 Å². The van der Waals surface area contributed by atoms with Gasteiger partial charge in [0.05, 0.1) is 0 Å². The van der Waals surface area contributed by atoms with E-state index >= 15 is 0 Å². The van der Waals surface area contributed by atoms with Crippen molar-refractivity contribution in [3.05, 3.63) is 39.7 Å². The summed E-state index contributed by atoms with van der Waals surface area (Å²) in [6.07, 6.45) is 12.7. The second kappa shape index (κ2) is 12.7. The van der Waals surface area contributed by atoms with Gasteiger partial charge in [0.25, 0.3) is 0 Å². The summed E-state index contributed by atoms with van der Waals surface area (Å²) in [4.78, 5) is 0. The fourth-order valence-corrected chi connectivity index (χ4v) is 10.0. The molecule has 0 aromatic heterocycles. The third-order valence-electron chi connectivity index (χ3n) is 4.61. The van der Waals surface area contributed by atoms with Crippen LogP contribution >= 0.6 is 12.9 Å². The van der Waals surface area contributed by atoms with Gasteiger partial charge in [-0.2, -0.15) is 3.70 Å². The monoisotopic (exact) mass is 404 g/mol. The summed E-state index contributed by atoms with van der Waals surface area (Å²) in [5.74, 6) is 0. The zero-order valence-corrected chi connectivity index (χ0v) is 19.4. The topological polar surface area (TPSA) is 0 Å². The Bertz CT molecular complexity index is 442. The minimum absolute atomic E-state index is 0.199. The van der Waals surface area contributed by atoms with Gasteiger partial charge in [-0.1, -0.05) is 113 Å². The molecule has 0 atom stereocenters. The normalized spacial score (nSPS) is 12.3. The first-order chi connectivity index (χ1) is 11.1. The van der Waals surface area contributed by atoms with Crippen LogP contribution in [0, 0.1) is 0 Å². The zero-order chi connectivity index (χ0) is 17.0. The molecule has 0 amide bonds. The standard InChI is InChI=1S/C20H33Si.BrH.Mg/c1-4-5-6-7-8-9-10-11-12-16-19-21(2,3)20-17-14-13-15-18-20;;/h13-15,17-19H,4-12H2,1-3H3;1H;/q;;+1/p-1. The Morgan fingerprint density at radius 2 is 1.52 bits per heavy atom. The summed E-state index contributed by atoms with van der Waals surface area (Å²) in [6, 6.07) is 11.1. The van der Waals surface area contributed by atoms with E-state index in [1.807, 2.05) is 0 Å². The van der Waals surface area contributed by atoms with Gasteiger partial charge in [0.2, 0.25) is 0 Å². The third kappa shape index (κ3) is 9.47. The van der Waals surface area contributed by atoms with Crippen LogP contribution in [-0.2, 0) is 0 Å². The number of allylic oxidation sites excluding steroid dienone is 1. The summed E-state index contributed by atoms with van der Waals surface area (Å²) in [6.45, 7) is 7.25. The highest BCUT2D eigenvalue weighted by molar-refractivity contribution is 9.23. The van der Waals surface area contributed by atoms with E-state index in [2.05, 4.69) is 68.9 Å². The highest BCUT2D eigenvalue weighted by Crippen LogP contribution is 2.16. The van der Waals surface area contributed by atoms with Crippen LogP contribution in [0.3, 0.4) is 0 Å². The quantitative estimate of drug-likeness (QED) is 0.272. The summed E-state index contributed by atoms with van der Waals surface area (Å²) in [5, 5.41) is 1.56. The second-order valence-corrected chi connectivity index (χ2v) is 14.4. The first-order valence-corrected chi connectivity index (χ1v) is 17.1. The van der Waals surface area contributed by atoms with E-state index in [4.69, 9.17) is 0 Å². The Morgan fingerprint density at radius 3 is 2.09 bits per heavy atom. The van der Waals surface area contributed by atoms with Gasteiger partial charge in [0, 0.05) is 0 Å². The first kappa shape index (κ1) is 21.5. The summed E-state index contributed by atoms with van der Waals surface area (Å²) < 4.78 is 1.75. The number of benzene rings is 1. The van der Waals surface area contributed by atoms with E-state index in [9.17, 15) is 0 Å². The van der Waals surface area contributed by atoms with Gasteiger partial charge in [-0.05, 0) is 0 Å². The average molecular weight is 406 g/mol. The second-order valence-electron chi connectivity index (χ2n) is 7.25. The summed E-state index contributed by atoms with van der Waals surface area (Å²) in [5.41, 5.74) is 2.67. The molecule has 0 bridgehead atoms. The lowest BCUT2D eigenvalue weighted by atomic mass is 10.1. The highest BCUT2D eigenvalue weighted by Gasteiger charge is 2.20. The van der Waals surface area contributed by atoms with Gasteiger partial charge in [-0.15, -0.1) is 5.70 Å². The van der Waals surface area contributed by atoms with E-state index in [1.165, 1.54) is 57.8 Å². The Hall–Kier alpha value is 0.423. The molecule has 0 N–H and O–H groups in total. The van der Waals surface area contributed by atoms with Crippen LogP contribution < -0.4 is 5.19 Å². The molecule has 0 fully saturated rings. The Balaban J connectivity index is 2.35. The van der Waals surface area contributed by atoms with Gasteiger partial charge in [0.15, 0.2) is 0 Å². The molecule has 0 aliphatic rings.